The summed E-state index contributed by atoms with van der Waals surface area (Å²) in [5.41, 5.74) is 1.98. The van der Waals surface area contributed by atoms with E-state index in [0.717, 1.165) is 15.8 Å². The summed E-state index contributed by atoms with van der Waals surface area (Å²) in [6, 6.07) is 6.84. The van der Waals surface area contributed by atoms with Gasteiger partial charge in [-0.1, -0.05) is 12.1 Å². The van der Waals surface area contributed by atoms with Crippen molar-refractivity contribution >= 4 is 33.4 Å². The first kappa shape index (κ1) is 15.7. The molecule has 7 heteroatoms. The lowest BCUT2D eigenvalue weighted by Crippen LogP contribution is -2.33. The normalized spacial score (nSPS) is 13.6. The van der Waals surface area contributed by atoms with Gasteiger partial charge in [0.05, 0.1) is 23.1 Å². The fourth-order valence-corrected chi connectivity index (χ4v) is 3.92. The van der Waals surface area contributed by atoms with E-state index >= 15 is 0 Å². The standard InChI is InChI=1S/C18H15N3O3S/c1-10-11(2)25-16-14(10)15(19-9-20-16)24-8-7-21-17(22)12-5-3-4-6-13(12)18(21)23/h3-6,9H,7-8H2,1-2H3. The van der Waals surface area contributed by atoms with Crippen LogP contribution in [0.15, 0.2) is 30.6 Å². The minimum absolute atomic E-state index is 0.181. The summed E-state index contributed by atoms with van der Waals surface area (Å²) >= 11 is 1.59. The molecule has 25 heavy (non-hydrogen) atoms. The minimum Gasteiger partial charge on any atom is -0.475 e. The second-order valence-electron chi connectivity index (χ2n) is 5.80. The van der Waals surface area contributed by atoms with Crippen LogP contribution in [0.1, 0.15) is 31.2 Å². The van der Waals surface area contributed by atoms with Gasteiger partial charge in [-0.2, -0.15) is 0 Å². The lowest BCUT2D eigenvalue weighted by molar-refractivity contribution is 0.0630. The number of imide groups is 1. The van der Waals surface area contributed by atoms with E-state index in [1.807, 2.05) is 13.8 Å². The number of carbonyl (C=O) groups is 2. The van der Waals surface area contributed by atoms with E-state index < -0.39 is 0 Å². The number of fused-ring (bicyclic) bond motifs is 2. The van der Waals surface area contributed by atoms with Gasteiger partial charge in [-0.15, -0.1) is 11.3 Å². The number of aromatic nitrogens is 2. The molecule has 4 rings (SSSR count). The Morgan fingerprint density at radius 1 is 1.08 bits per heavy atom. The van der Waals surface area contributed by atoms with Gasteiger partial charge in [0.25, 0.3) is 11.8 Å². The third-order valence-electron chi connectivity index (χ3n) is 4.36. The predicted molar refractivity (Wildman–Crippen MR) is 94.2 cm³/mol. The van der Waals surface area contributed by atoms with Crippen molar-refractivity contribution in [3.8, 4) is 5.88 Å². The molecule has 3 aromatic rings. The number of carbonyl (C=O) groups excluding carboxylic acids is 2. The van der Waals surface area contributed by atoms with Gasteiger partial charge < -0.3 is 4.74 Å². The lowest BCUT2D eigenvalue weighted by Gasteiger charge is -2.14. The monoisotopic (exact) mass is 353 g/mol. The largest absolute Gasteiger partial charge is 0.475 e. The molecule has 1 aliphatic rings. The smallest absolute Gasteiger partial charge is 0.261 e. The molecule has 0 atom stereocenters. The average Bonchev–Trinajstić information content (AvgIpc) is 3.04. The maximum Gasteiger partial charge on any atom is 0.261 e. The van der Waals surface area contributed by atoms with Crippen molar-refractivity contribution in [1.82, 2.24) is 14.9 Å². The molecule has 0 saturated carbocycles. The van der Waals surface area contributed by atoms with Crippen molar-refractivity contribution in [1.29, 1.82) is 0 Å². The Morgan fingerprint density at radius 2 is 1.76 bits per heavy atom. The Morgan fingerprint density at radius 3 is 2.44 bits per heavy atom. The van der Waals surface area contributed by atoms with Crippen LogP contribution in [0.3, 0.4) is 0 Å². The van der Waals surface area contributed by atoms with Crippen molar-refractivity contribution in [2.75, 3.05) is 13.2 Å². The first-order valence-corrected chi connectivity index (χ1v) is 8.68. The number of thiophene rings is 1. The Labute approximate surface area is 148 Å². The Hall–Kier alpha value is -2.80. The molecule has 126 valence electrons. The van der Waals surface area contributed by atoms with Crippen LogP contribution in [-0.4, -0.2) is 39.8 Å². The van der Waals surface area contributed by atoms with Gasteiger partial charge in [0.15, 0.2) is 0 Å². The van der Waals surface area contributed by atoms with E-state index in [0.29, 0.717) is 17.0 Å². The summed E-state index contributed by atoms with van der Waals surface area (Å²) in [5.74, 6) is -0.0670. The van der Waals surface area contributed by atoms with Crippen molar-refractivity contribution < 1.29 is 14.3 Å². The zero-order valence-corrected chi connectivity index (χ0v) is 14.6. The highest BCUT2D eigenvalue weighted by Crippen LogP contribution is 2.33. The maximum atomic E-state index is 12.3. The van der Waals surface area contributed by atoms with Gasteiger partial charge in [0.1, 0.15) is 17.8 Å². The van der Waals surface area contributed by atoms with Crippen LogP contribution in [0.4, 0.5) is 0 Å². The number of benzene rings is 1. The minimum atomic E-state index is -0.278. The molecule has 0 radical (unpaired) electrons. The maximum absolute atomic E-state index is 12.3. The molecule has 0 N–H and O–H groups in total. The second kappa shape index (κ2) is 5.93. The summed E-state index contributed by atoms with van der Waals surface area (Å²) in [6.45, 7) is 4.41. The van der Waals surface area contributed by atoms with Crippen LogP contribution < -0.4 is 4.74 Å². The number of aryl methyl sites for hydroxylation is 2. The van der Waals surface area contributed by atoms with Crippen LogP contribution >= 0.6 is 11.3 Å². The highest BCUT2D eigenvalue weighted by atomic mass is 32.1. The van der Waals surface area contributed by atoms with Gasteiger partial charge in [-0.05, 0) is 31.5 Å². The highest BCUT2D eigenvalue weighted by molar-refractivity contribution is 7.18. The third-order valence-corrected chi connectivity index (χ3v) is 5.48. The zero-order valence-electron chi connectivity index (χ0n) is 13.8. The summed E-state index contributed by atoms with van der Waals surface area (Å²) in [7, 11) is 0. The van der Waals surface area contributed by atoms with E-state index in [2.05, 4.69) is 9.97 Å². The molecule has 0 spiro atoms. The molecule has 0 unspecified atom stereocenters. The Bertz CT molecular complexity index is 977. The fourth-order valence-electron chi connectivity index (χ4n) is 2.94. The van der Waals surface area contributed by atoms with E-state index in [-0.39, 0.29) is 25.0 Å². The number of rotatable bonds is 4. The number of ether oxygens (including phenoxy) is 1. The third kappa shape index (κ3) is 2.47. The molecule has 0 aliphatic carbocycles. The molecular formula is C18H15N3O3S. The molecule has 1 aliphatic heterocycles. The summed E-state index contributed by atoms with van der Waals surface area (Å²) < 4.78 is 5.78. The van der Waals surface area contributed by atoms with Crippen molar-refractivity contribution in [2.45, 2.75) is 13.8 Å². The van der Waals surface area contributed by atoms with E-state index in [1.165, 1.54) is 16.1 Å². The average molecular weight is 353 g/mol. The van der Waals surface area contributed by atoms with Crippen LogP contribution in [-0.2, 0) is 0 Å². The molecule has 2 amide bonds. The second-order valence-corrected chi connectivity index (χ2v) is 7.00. The van der Waals surface area contributed by atoms with Crippen LogP contribution in [0.25, 0.3) is 10.2 Å². The Kier molecular flexibility index (Phi) is 3.73. The van der Waals surface area contributed by atoms with Gasteiger partial charge >= 0.3 is 0 Å². The topological polar surface area (TPSA) is 72.4 Å². The number of nitrogens with zero attached hydrogens (tertiary/aromatic N) is 3. The summed E-state index contributed by atoms with van der Waals surface area (Å²) in [4.78, 5) is 36.4. The quantitative estimate of drug-likeness (QED) is 0.674. The van der Waals surface area contributed by atoms with Gasteiger partial charge in [-0.3, -0.25) is 14.5 Å². The molecule has 6 nitrogen and oxygen atoms in total. The molecular weight excluding hydrogens is 338 g/mol. The molecule has 0 saturated heterocycles. The first-order valence-electron chi connectivity index (χ1n) is 7.86. The fraction of sp³-hybridized carbons (Fsp3) is 0.222. The van der Waals surface area contributed by atoms with Crippen LogP contribution in [0.5, 0.6) is 5.88 Å². The van der Waals surface area contributed by atoms with Crippen molar-refractivity contribution in [3.05, 3.63) is 52.2 Å². The first-order chi connectivity index (χ1) is 12.1. The number of amides is 2. The Balaban J connectivity index is 1.51. The molecule has 0 fully saturated rings. The zero-order chi connectivity index (χ0) is 17.6. The predicted octanol–water partition coefficient (Wildman–Crippen LogP) is 2.98. The van der Waals surface area contributed by atoms with Gasteiger partial charge in [-0.25, -0.2) is 9.97 Å². The van der Waals surface area contributed by atoms with Gasteiger partial charge in [0.2, 0.25) is 5.88 Å². The highest BCUT2D eigenvalue weighted by Gasteiger charge is 2.34. The summed E-state index contributed by atoms with van der Waals surface area (Å²) in [6.07, 6.45) is 1.47. The molecule has 2 aromatic heterocycles. The number of hydrogen-bond acceptors (Lipinski definition) is 6. The van der Waals surface area contributed by atoms with E-state index in [9.17, 15) is 9.59 Å². The number of hydrogen-bond donors (Lipinski definition) is 0. The van der Waals surface area contributed by atoms with Crippen molar-refractivity contribution in [2.24, 2.45) is 0 Å². The van der Waals surface area contributed by atoms with E-state index in [4.69, 9.17) is 4.74 Å². The molecule has 0 bridgehead atoms. The summed E-state index contributed by atoms with van der Waals surface area (Å²) in [5, 5.41) is 0.896. The molecule has 1 aromatic carbocycles. The SMILES string of the molecule is Cc1sc2ncnc(OCCN3C(=O)c4ccccc4C3=O)c2c1C. The van der Waals surface area contributed by atoms with E-state index in [1.54, 1.807) is 35.6 Å². The van der Waals surface area contributed by atoms with Crippen LogP contribution in [0, 0.1) is 13.8 Å². The van der Waals surface area contributed by atoms with Crippen molar-refractivity contribution in [3.63, 3.8) is 0 Å². The van der Waals surface area contributed by atoms with Crippen LogP contribution in [0.2, 0.25) is 0 Å². The van der Waals surface area contributed by atoms with Gasteiger partial charge in [0, 0.05) is 4.88 Å². The lowest BCUT2D eigenvalue weighted by atomic mass is 10.1. The molecule has 3 heterocycles.